The van der Waals surface area contributed by atoms with Gasteiger partial charge in [0, 0.05) is 18.3 Å². The summed E-state index contributed by atoms with van der Waals surface area (Å²) in [6.07, 6.45) is 0.888. The molecule has 7 nitrogen and oxygen atoms in total. The van der Waals surface area contributed by atoms with Crippen LogP contribution in [0.3, 0.4) is 0 Å². The Kier molecular flexibility index (Phi) is 3.74. The van der Waals surface area contributed by atoms with Crippen LogP contribution in [0.1, 0.15) is 10.4 Å². The Labute approximate surface area is 116 Å². The van der Waals surface area contributed by atoms with E-state index in [2.05, 4.69) is 10.3 Å². The molecule has 1 heterocycles. The number of nitro groups is 1. The molecule has 0 saturated carbocycles. The van der Waals surface area contributed by atoms with E-state index >= 15 is 0 Å². The van der Waals surface area contributed by atoms with Gasteiger partial charge in [0.05, 0.1) is 16.2 Å². The summed E-state index contributed by atoms with van der Waals surface area (Å²) in [6.45, 7) is 0. The molecule has 0 aliphatic rings. The minimum atomic E-state index is -1.38. The van der Waals surface area contributed by atoms with E-state index in [0.29, 0.717) is 6.07 Å². The number of anilines is 2. The first kappa shape index (κ1) is 14.3. The predicted molar refractivity (Wildman–Crippen MR) is 67.5 cm³/mol. The Bertz CT molecular complexity index is 736. The van der Waals surface area contributed by atoms with Crippen molar-refractivity contribution in [1.82, 2.24) is 4.98 Å². The molecule has 0 aliphatic heterocycles. The quantitative estimate of drug-likeness (QED) is 0.663. The lowest BCUT2D eigenvalue weighted by molar-refractivity contribution is -0.384. The molecule has 1 aromatic heterocycles. The fourth-order valence-corrected chi connectivity index (χ4v) is 1.52. The maximum absolute atomic E-state index is 13.5. The van der Waals surface area contributed by atoms with E-state index in [1.54, 1.807) is 0 Å². The normalized spacial score (nSPS) is 10.2. The van der Waals surface area contributed by atoms with Gasteiger partial charge in [-0.2, -0.15) is 0 Å². The minimum Gasteiger partial charge on any atom is -0.478 e. The Balaban J connectivity index is 2.44. The number of hydrogen-bond acceptors (Lipinski definition) is 5. The molecule has 0 saturated heterocycles. The summed E-state index contributed by atoms with van der Waals surface area (Å²) in [5.41, 5.74) is -1.25. The van der Waals surface area contributed by atoms with Gasteiger partial charge in [0.15, 0.2) is 0 Å². The van der Waals surface area contributed by atoms with Gasteiger partial charge in [-0.1, -0.05) is 0 Å². The molecule has 21 heavy (non-hydrogen) atoms. The van der Waals surface area contributed by atoms with Gasteiger partial charge < -0.3 is 10.4 Å². The highest BCUT2D eigenvalue weighted by molar-refractivity contribution is 5.89. The fourth-order valence-electron chi connectivity index (χ4n) is 1.52. The number of aromatic carboxylic acids is 1. The Morgan fingerprint density at radius 2 is 2.05 bits per heavy atom. The molecule has 0 unspecified atom stereocenters. The number of pyridine rings is 1. The average molecular weight is 295 g/mol. The van der Waals surface area contributed by atoms with Crippen LogP contribution < -0.4 is 5.32 Å². The zero-order valence-electron chi connectivity index (χ0n) is 10.2. The van der Waals surface area contributed by atoms with Crippen molar-refractivity contribution in [3.8, 4) is 0 Å². The maximum atomic E-state index is 13.5. The molecular formula is C12H7F2N3O4. The molecule has 0 spiro atoms. The highest BCUT2D eigenvalue weighted by atomic mass is 19.1. The summed E-state index contributed by atoms with van der Waals surface area (Å²) >= 11 is 0. The summed E-state index contributed by atoms with van der Waals surface area (Å²) in [5, 5.41) is 22.0. The van der Waals surface area contributed by atoms with E-state index in [1.807, 2.05) is 0 Å². The van der Waals surface area contributed by atoms with Crippen LogP contribution in [0.25, 0.3) is 0 Å². The zero-order valence-corrected chi connectivity index (χ0v) is 10.2. The summed E-state index contributed by atoms with van der Waals surface area (Å²) in [7, 11) is 0. The average Bonchev–Trinajstić information content (AvgIpc) is 2.41. The third-order valence-electron chi connectivity index (χ3n) is 2.50. The van der Waals surface area contributed by atoms with Gasteiger partial charge in [0.1, 0.15) is 11.6 Å². The molecule has 0 amide bonds. The number of hydrogen-bond donors (Lipinski definition) is 2. The first-order valence-corrected chi connectivity index (χ1v) is 5.48. The van der Waals surface area contributed by atoms with Gasteiger partial charge in [0.2, 0.25) is 5.82 Å². The van der Waals surface area contributed by atoms with Crippen molar-refractivity contribution in [3.05, 3.63) is 57.8 Å². The standard InChI is InChI=1S/C12H7F2N3O4/c13-7-1-2-9(8(14)4-7)16-11-10(17(20)21)3-6(5-15-11)12(18)19/h1-5H,(H,15,16)(H,18,19). The van der Waals surface area contributed by atoms with Crippen molar-refractivity contribution >= 4 is 23.2 Å². The van der Waals surface area contributed by atoms with Gasteiger partial charge >= 0.3 is 11.7 Å². The first-order valence-electron chi connectivity index (χ1n) is 5.48. The Hall–Kier alpha value is -3.10. The van der Waals surface area contributed by atoms with Crippen LogP contribution in [-0.2, 0) is 0 Å². The van der Waals surface area contributed by atoms with Crippen LogP contribution in [0.4, 0.5) is 26.0 Å². The monoisotopic (exact) mass is 295 g/mol. The van der Waals surface area contributed by atoms with Gasteiger partial charge in [-0.3, -0.25) is 10.1 Å². The largest absolute Gasteiger partial charge is 0.478 e. The molecular weight excluding hydrogens is 288 g/mol. The minimum absolute atomic E-state index is 0.227. The van der Waals surface area contributed by atoms with Crippen LogP contribution in [0.5, 0.6) is 0 Å². The van der Waals surface area contributed by atoms with Crippen LogP contribution in [0.2, 0.25) is 0 Å². The number of halogens is 2. The number of carboxylic acids is 1. The van der Waals surface area contributed by atoms with Crippen LogP contribution >= 0.6 is 0 Å². The first-order chi connectivity index (χ1) is 9.88. The van der Waals surface area contributed by atoms with Crippen molar-refractivity contribution in [2.45, 2.75) is 0 Å². The number of rotatable bonds is 4. The van der Waals surface area contributed by atoms with Crippen molar-refractivity contribution < 1.29 is 23.6 Å². The number of carbonyl (C=O) groups is 1. The number of aromatic nitrogens is 1. The summed E-state index contributed by atoms with van der Waals surface area (Å²) in [5.74, 6) is -3.50. The molecule has 0 fully saturated rings. The molecule has 0 radical (unpaired) electrons. The van der Waals surface area contributed by atoms with Crippen molar-refractivity contribution in [1.29, 1.82) is 0 Å². The molecule has 0 atom stereocenters. The van der Waals surface area contributed by atoms with E-state index in [4.69, 9.17) is 5.11 Å². The van der Waals surface area contributed by atoms with Gasteiger partial charge in [-0.05, 0) is 12.1 Å². The molecule has 0 bridgehead atoms. The summed E-state index contributed by atoms with van der Waals surface area (Å²) < 4.78 is 26.3. The van der Waals surface area contributed by atoms with Gasteiger partial charge in [-0.15, -0.1) is 0 Å². The lowest BCUT2D eigenvalue weighted by Gasteiger charge is -2.07. The number of nitrogens with zero attached hydrogens (tertiary/aromatic N) is 2. The number of carboxylic acid groups (broad SMARTS) is 1. The lowest BCUT2D eigenvalue weighted by atomic mass is 10.2. The molecule has 108 valence electrons. The second-order valence-corrected chi connectivity index (χ2v) is 3.90. The van der Waals surface area contributed by atoms with Gasteiger partial charge in [0.25, 0.3) is 0 Å². The predicted octanol–water partition coefficient (Wildman–Crippen LogP) is 2.71. The summed E-state index contributed by atoms with van der Waals surface area (Å²) in [6, 6.07) is 3.39. The second kappa shape index (κ2) is 5.49. The Morgan fingerprint density at radius 1 is 1.33 bits per heavy atom. The van der Waals surface area contributed by atoms with Crippen LogP contribution in [0, 0.1) is 21.7 Å². The molecule has 9 heteroatoms. The fraction of sp³-hybridized carbons (Fsp3) is 0. The van der Waals surface area contributed by atoms with E-state index in [-0.39, 0.29) is 17.1 Å². The van der Waals surface area contributed by atoms with Crippen molar-refractivity contribution in [2.24, 2.45) is 0 Å². The Morgan fingerprint density at radius 3 is 2.62 bits per heavy atom. The molecule has 2 aromatic rings. The third kappa shape index (κ3) is 3.08. The molecule has 2 rings (SSSR count). The molecule has 2 N–H and O–H groups in total. The van der Waals surface area contributed by atoms with E-state index in [9.17, 15) is 23.7 Å². The number of benzene rings is 1. The molecule has 0 aliphatic carbocycles. The highest BCUT2D eigenvalue weighted by Gasteiger charge is 2.20. The van der Waals surface area contributed by atoms with Crippen molar-refractivity contribution in [3.63, 3.8) is 0 Å². The number of nitrogens with one attached hydrogen (secondary N) is 1. The highest BCUT2D eigenvalue weighted by Crippen LogP contribution is 2.27. The third-order valence-corrected chi connectivity index (χ3v) is 2.50. The van der Waals surface area contributed by atoms with Gasteiger partial charge in [-0.25, -0.2) is 18.6 Å². The molecule has 1 aromatic carbocycles. The van der Waals surface area contributed by atoms with E-state index in [0.717, 1.165) is 24.4 Å². The van der Waals surface area contributed by atoms with E-state index in [1.165, 1.54) is 0 Å². The SMILES string of the molecule is O=C(O)c1cnc(Nc2ccc(F)cc2F)c([N+](=O)[O-])c1. The topological polar surface area (TPSA) is 105 Å². The van der Waals surface area contributed by atoms with Crippen molar-refractivity contribution in [2.75, 3.05) is 5.32 Å². The second-order valence-electron chi connectivity index (χ2n) is 3.90. The van der Waals surface area contributed by atoms with E-state index < -0.39 is 28.2 Å². The van der Waals surface area contributed by atoms with Crippen LogP contribution in [0.15, 0.2) is 30.5 Å². The lowest BCUT2D eigenvalue weighted by Crippen LogP contribution is -2.05. The zero-order chi connectivity index (χ0) is 15.6. The van der Waals surface area contributed by atoms with Crippen LogP contribution in [-0.4, -0.2) is 21.0 Å². The maximum Gasteiger partial charge on any atom is 0.337 e. The summed E-state index contributed by atoms with van der Waals surface area (Å²) in [4.78, 5) is 24.4. The smallest absolute Gasteiger partial charge is 0.337 e.